The third kappa shape index (κ3) is 2.85. The van der Waals surface area contributed by atoms with Crippen molar-refractivity contribution in [2.24, 2.45) is 0 Å². The van der Waals surface area contributed by atoms with Gasteiger partial charge >= 0.3 is 0 Å². The molecule has 0 spiro atoms. The number of nitrogens with zero attached hydrogens (tertiary/aromatic N) is 2. The molecule has 2 atom stereocenters. The van der Waals surface area contributed by atoms with Crippen molar-refractivity contribution in [3.05, 3.63) is 55.8 Å². The fourth-order valence-electron chi connectivity index (χ4n) is 2.61. The molecule has 0 radical (unpaired) electrons. The largest absolute Gasteiger partial charge is 0.284 e. The molecule has 2 unspecified atom stereocenters. The molecule has 1 aromatic heterocycles. The first-order valence-corrected chi connectivity index (χ1v) is 8.59. The molecule has 1 aliphatic rings. The topological polar surface area (TPSA) is 43.8 Å². The maximum absolute atomic E-state index is 11.9. The van der Waals surface area contributed by atoms with Crippen molar-refractivity contribution in [2.45, 2.75) is 19.1 Å². The second kappa shape index (κ2) is 6.04. The Morgan fingerprint density at radius 1 is 1.38 bits per heavy atom. The molecular weight excluding hydrogens is 399 g/mol. The van der Waals surface area contributed by atoms with E-state index in [1.54, 1.807) is 11.3 Å². The highest BCUT2D eigenvalue weighted by Gasteiger charge is 2.41. The molecule has 3 rings (SSSR count). The number of hydroxylamine groups is 2. The number of hydrogen-bond donors (Lipinski definition) is 1. The van der Waals surface area contributed by atoms with Crippen molar-refractivity contribution >= 4 is 39.8 Å². The Kier molecular flexibility index (Phi) is 4.30. The van der Waals surface area contributed by atoms with Crippen molar-refractivity contribution < 1.29 is 10.0 Å². The van der Waals surface area contributed by atoms with Crippen LogP contribution in [-0.4, -0.2) is 27.6 Å². The molecule has 1 aromatic carbocycles. The van der Waals surface area contributed by atoms with E-state index in [0.717, 1.165) is 19.1 Å². The third-order valence-corrected chi connectivity index (χ3v) is 5.76. The highest BCUT2D eigenvalue weighted by molar-refractivity contribution is 14.1. The van der Waals surface area contributed by atoms with Crippen molar-refractivity contribution in [1.29, 1.82) is 0 Å². The summed E-state index contributed by atoms with van der Waals surface area (Å²) < 4.78 is 1.12. The Bertz CT molecular complexity index is 646. The minimum atomic E-state index is -0.402. The fraction of sp³-hybridized carbons (Fsp3) is 0.267. The van der Waals surface area contributed by atoms with E-state index in [4.69, 9.17) is 0 Å². The molecule has 0 aliphatic carbocycles. The molecule has 1 amide bonds. The van der Waals surface area contributed by atoms with E-state index >= 15 is 0 Å². The van der Waals surface area contributed by atoms with Crippen LogP contribution in [0.5, 0.6) is 0 Å². The molecule has 1 N–H and O–H groups in total. The lowest BCUT2D eigenvalue weighted by atomic mass is 10.1. The van der Waals surface area contributed by atoms with E-state index in [0.29, 0.717) is 0 Å². The molecule has 0 saturated carbocycles. The Labute approximate surface area is 141 Å². The van der Waals surface area contributed by atoms with E-state index in [-0.39, 0.29) is 18.5 Å². The molecule has 4 nitrogen and oxygen atoms in total. The van der Waals surface area contributed by atoms with E-state index < -0.39 is 6.17 Å². The summed E-state index contributed by atoms with van der Waals surface area (Å²) in [5.74, 6) is -0.258. The van der Waals surface area contributed by atoms with Gasteiger partial charge in [0.15, 0.2) is 0 Å². The lowest BCUT2D eigenvalue weighted by Crippen LogP contribution is -2.31. The van der Waals surface area contributed by atoms with Gasteiger partial charge in [-0.15, -0.1) is 11.3 Å². The summed E-state index contributed by atoms with van der Waals surface area (Å²) in [7, 11) is 0. The van der Waals surface area contributed by atoms with Crippen LogP contribution in [0.1, 0.15) is 29.6 Å². The maximum Gasteiger partial charge on any atom is 0.262 e. The minimum absolute atomic E-state index is 0.0528. The standard InChI is InChI=1S/C15H15IN2O2S/c1-10(11-5-3-2-4-6-11)17-8-14(19)18(20)15(17)13-7-12(16)9-21-13/h2-7,9-10,15,20H,8H2,1H3. The lowest BCUT2D eigenvalue weighted by Gasteiger charge is -2.30. The van der Waals surface area contributed by atoms with Gasteiger partial charge < -0.3 is 0 Å². The van der Waals surface area contributed by atoms with Gasteiger partial charge in [-0.2, -0.15) is 5.06 Å². The summed E-state index contributed by atoms with van der Waals surface area (Å²) in [4.78, 5) is 15.0. The quantitative estimate of drug-likeness (QED) is 0.616. The van der Waals surface area contributed by atoms with Crippen LogP contribution in [0.4, 0.5) is 0 Å². The number of thiophene rings is 1. The minimum Gasteiger partial charge on any atom is -0.284 e. The predicted octanol–water partition coefficient (Wildman–Crippen LogP) is 3.65. The third-order valence-electron chi connectivity index (χ3n) is 3.74. The number of hydrogen-bond acceptors (Lipinski definition) is 4. The molecule has 2 heterocycles. The van der Waals surface area contributed by atoms with Crippen LogP contribution in [0.2, 0.25) is 0 Å². The van der Waals surface area contributed by atoms with E-state index in [1.807, 2.05) is 46.7 Å². The first-order valence-electron chi connectivity index (χ1n) is 6.63. The Balaban J connectivity index is 1.94. The molecule has 110 valence electrons. The van der Waals surface area contributed by atoms with Crippen molar-refractivity contribution in [3.63, 3.8) is 0 Å². The average molecular weight is 414 g/mol. The molecule has 1 fully saturated rings. The number of carbonyl (C=O) groups is 1. The van der Waals surface area contributed by atoms with Gasteiger partial charge in [-0.25, -0.2) is 0 Å². The number of rotatable bonds is 3. The van der Waals surface area contributed by atoms with Crippen molar-refractivity contribution in [3.8, 4) is 0 Å². The molecule has 21 heavy (non-hydrogen) atoms. The monoisotopic (exact) mass is 414 g/mol. The molecule has 6 heteroatoms. The molecule has 1 saturated heterocycles. The van der Waals surface area contributed by atoms with Gasteiger partial charge in [-0.1, -0.05) is 30.3 Å². The van der Waals surface area contributed by atoms with Crippen LogP contribution in [0.25, 0.3) is 0 Å². The van der Waals surface area contributed by atoms with Crippen molar-refractivity contribution in [1.82, 2.24) is 9.96 Å². The van der Waals surface area contributed by atoms with Gasteiger partial charge in [0.1, 0.15) is 6.17 Å². The maximum atomic E-state index is 11.9. The van der Waals surface area contributed by atoms with E-state index in [9.17, 15) is 10.0 Å². The van der Waals surface area contributed by atoms with E-state index in [1.165, 1.54) is 0 Å². The zero-order valence-electron chi connectivity index (χ0n) is 11.4. The average Bonchev–Trinajstić information content (AvgIpc) is 3.04. The zero-order chi connectivity index (χ0) is 15.0. The highest BCUT2D eigenvalue weighted by atomic mass is 127. The number of benzene rings is 1. The van der Waals surface area contributed by atoms with Crippen LogP contribution in [0, 0.1) is 3.57 Å². The summed E-state index contributed by atoms with van der Waals surface area (Å²) >= 11 is 3.81. The first kappa shape index (κ1) is 15.0. The summed E-state index contributed by atoms with van der Waals surface area (Å²) in [5, 5.41) is 13.0. The summed E-state index contributed by atoms with van der Waals surface area (Å²) in [5.41, 5.74) is 1.14. The first-order chi connectivity index (χ1) is 10.1. The van der Waals surface area contributed by atoms with Crippen molar-refractivity contribution in [2.75, 3.05) is 6.54 Å². The second-order valence-corrected chi connectivity index (χ2v) is 7.23. The summed E-state index contributed by atoms with van der Waals surface area (Å²) in [6, 6.07) is 12.1. The Hall–Kier alpha value is -0.960. The van der Waals surface area contributed by atoms with Gasteiger partial charge in [-0.3, -0.25) is 14.9 Å². The lowest BCUT2D eigenvalue weighted by molar-refractivity contribution is -0.170. The predicted molar refractivity (Wildman–Crippen MR) is 90.0 cm³/mol. The fourth-order valence-corrected chi connectivity index (χ4v) is 4.41. The van der Waals surface area contributed by atoms with Gasteiger partial charge in [0.05, 0.1) is 6.54 Å². The smallest absolute Gasteiger partial charge is 0.262 e. The molecule has 0 bridgehead atoms. The van der Waals surface area contributed by atoms with Gasteiger partial charge in [0.25, 0.3) is 5.91 Å². The number of carbonyl (C=O) groups excluding carboxylic acids is 1. The van der Waals surface area contributed by atoms with Crippen LogP contribution in [-0.2, 0) is 4.79 Å². The van der Waals surface area contributed by atoms with Crippen LogP contribution < -0.4 is 0 Å². The van der Waals surface area contributed by atoms with E-state index in [2.05, 4.69) is 29.5 Å². The summed E-state index contributed by atoms with van der Waals surface area (Å²) in [6.45, 7) is 2.29. The SMILES string of the molecule is CC(c1ccccc1)N1CC(=O)N(O)C1c1cc(I)cs1. The highest BCUT2D eigenvalue weighted by Crippen LogP contribution is 2.38. The molecular formula is C15H15IN2O2S. The van der Waals surface area contributed by atoms with Gasteiger partial charge in [0.2, 0.25) is 0 Å². The number of amides is 1. The summed E-state index contributed by atoms with van der Waals surface area (Å²) in [6.07, 6.45) is -0.402. The van der Waals surface area contributed by atoms with Crippen LogP contribution >= 0.6 is 33.9 Å². The normalized spacial score (nSPS) is 21.0. The molecule has 2 aromatic rings. The van der Waals surface area contributed by atoms with Gasteiger partial charge in [0, 0.05) is 19.9 Å². The molecule has 1 aliphatic heterocycles. The van der Waals surface area contributed by atoms with Crippen LogP contribution in [0.3, 0.4) is 0 Å². The number of halogens is 1. The Morgan fingerprint density at radius 2 is 2.10 bits per heavy atom. The van der Waals surface area contributed by atoms with Gasteiger partial charge in [-0.05, 0) is 41.1 Å². The second-order valence-electron chi connectivity index (χ2n) is 5.04. The van der Waals surface area contributed by atoms with Crippen LogP contribution in [0.15, 0.2) is 41.8 Å². The zero-order valence-corrected chi connectivity index (χ0v) is 14.4. The Morgan fingerprint density at radius 3 is 2.71 bits per heavy atom.